The van der Waals surface area contributed by atoms with E-state index in [1.807, 2.05) is 18.2 Å². The van der Waals surface area contributed by atoms with Crippen LogP contribution in [0.25, 0.3) is 0 Å². The molecule has 0 aliphatic carbocycles. The van der Waals surface area contributed by atoms with Crippen LogP contribution in [0.15, 0.2) is 36.4 Å². The second kappa shape index (κ2) is 6.84. The van der Waals surface area contributed by atoms with Gasteiger partial charge in [-0.2, -0.15) is 0 Å². The van der Waals surface area contributed by atoms with Gasteiger partial charge in [0, 0.05) is 18.2 Å². The first-order valence-corrected chi connectivity index (χ1v) is 6.83. The third-order valence-corrected chi connectivity index (χ3v) is 3.60. The predicted octanol–water partition coefficient (Wildman–Crippen LogP) is 4.04. The van der Waals surface area contributed by atoms with Crippen molar-refractivity contribution in [1.82, 2.24) is 0 Å². The van der Waals surface area contributed by atoms with Crippen molar-refractivity contribution in [3.63, 3.8) is 0 Å². The highest BCUT2D eigenvalue weighted by molar-refractivity contribution is 6.42. The summed E-state index contributed by atoms with van der Waals surface area (Å²) in [6, 6.07) is 11.0. The molecule has 2 rings (SSSR count). The van der Waals surface area contributed by atoms with Crippen LogP contribution in [0.1, 0.15) is 11.1 Å². The van der Waals surface area contributed by atoms with Crippen LogP contribution in [0.3, 0.4) is 0 Å². The molecule has 0 radical (unpaired) electrons. The number of methoxy groups -OCH3 is 1. The Morgan fingerprint density at radius 2 is 1.85 bits per heavy atom. The molecule has 2 aromatic carbocycles. The summed E-state index contributed by atoms with van der Waals surface area (Å²) in [7, 11) is 1.63. The second-order valence-corrected chi connectivity index (χ2v) is 5.03. The highest BCUT2D eigenvalue weighted by Gasteiger charge is 2.05. The zero-order chi connectivity index (χ0) is 14.5. The topological polar surface area (TPSA) is 44.5 Å². The van der Waals surface area contributed by atoms with Gasteiger partial charge in [0.1, 0.15) is 18.1 Å². The maximum Gasteiger partial charge on any atom is 0.123 e. The van der Waals surface area contributed by atoms with Gasteiger partial charge < -0.3 is 15.2 Å². The molecule has 3 nitrogen and oxygen atoms in total. The van der Waals surface area contributed by atoms with Crippen LogP contribution >= 0.6 is 23.2 Å². The summed E-state index contributed by atoms with van der Waals surface area (Å²) < 4.78 is 10.9. The quantitative estimate of drug-likeness (QED) is 0.906. The molecule has 5 heteroatoms. The van der Waals surface area contributed by atoms with Crippen LogP contribution in [0, 0.1) is 0 Å². The van der Waals surface area contributed by atoms with Crippen molar-refractivity contribution >= 4 is 23.2 Å². The molecule has 2 aromatic rings. The Bertz CT molecular complexity index is 602. The molecule has 0 fully saturated rings. The van der Waals surface area contributed by atoms with Gasteiger partial charge in [-0.05, 0) is 29.8 Å². The fourth-order valence-electron chi connectivity index (χ4n) is 1.81. The Morgan fingerprint density at radius 3 is 2.50 bits per heavy atom. The fourth-order valence-corrected chi connectivity index (χ4v) is 2.10. The van der Waals surface area contributed by atoms with E-state index in [2.05, 4.69) is 0 Å². The van der Waals surface area contributed by atoms with E-state index in [9.17, 15) is 0 Å². The first-order valence-electron chi connectivity index (χ1n) is 6.07. The van der Waals surface area contributed by atoms with Gasteiger partial charge in [0.25, 0.3) is 0 Å². The lowest BCUT2D eigenvalue weighted by Crippen LogP contribution is -2.02. The Hall–Kier alpha value is -1.42. The van der Waals surface area contributed by atoms with Crippen molar-refractivity contribution in [3.05, 3.63) is 57.6 Å². The molecule has 20 heavy (non-hydrogen) atoms. The van der Waals surface area contributed by atoms with E-state index >= 15 is 0 Å². The standard InChI is InChI=1S/C15H15Cl2NO2/c1-19-15-5-2-10(6-11(15)8-18)9-20-12-3-4-13(16)14(17)7-12/h2-7H,8-9,18H2,1H3. The predicted molar refractivity (Wildman–Crippen MR) is 81.7 cm³/mol. The molecule has 0 unspecified atom stereocenters. The number of hydrogen-bond donors (Lipinski definition) is 1. The Kier molecular flexibility index (Phi) is 5.12. The maximum absolute atomic E-state index is 5.94. The van der Waals surface area contributed by atoms with E-state index in [1.54, 1.807) is 25.3 Å². The molecule has 0 amide bonds. The first kappa shape index (κ1) is 15.0. The minimum Gasteiger partial charge on any atom is -0.496 e. The van der Waals surface area contributed by atoms with Crippen LogP contribution in [-0.4, -0.2) is 7.11 Å². The van der Waals surface area contributed by atoms with Gasteiger partial charge in [-0.1, -0.05) is 29.3 Å². The highest BCUT2D eigenvalue weighted by Crippen LogP contribution is 2.27. The molecule has 0 aromatic heterocycles. The minimum atomic E-state index is 0.420. The molecule has 106 valence electrons. The van der Waals surface area contributed by atoms with E-state index < -0.39 is 0 Å². The molecular weight excluding hydrogens is 297 g/mol. The molecule has 0 spiro atoms. The molecule has 0 saturated heterocycles. The van der Waals surface area contributed by atoms with E-state index in [1.165, 1.54) is 0 Å². The summed E-state index contributed by atoms with van der Waals surface area (Å²) in [5.74, 6) is 1.45. The van der Waals surface area contributed by atoms with Gasteiger partial charge in [0.05, 0.1) is 17.2 Å². The van der Waals surface area contributed by atoms with Crippen LogP contribution in [0.2, 0.25) is 10.0 Å². The number of nitrogens with two attached hydrogens (primary N) is 1. The average molecular weight is 312 g/mol. The van der Waals surface area contributed by atoms with Gasteiger partial charge in [-0.15, -0.1) is 0 Å². The largest absolute Gasteiger partial charge is 0.496 e. The second-order valence-electron chi connectivity index (χ2n) is 4.21. The molecule has 0 atom stereocenters. The van der Waals surface area contributed by atoms with E-state index in [0.29, 0.717) is 28.9 Å². The SMILES string of the molecule is COc1ccc(COc2ccc(Cl)c(Cl)c2)cc1CN. The van der Waals surface area contributed by atoms with Crippen molar-refractivity contribution in [2.45, 2.75) is 13.2 Å². The minimum absolute atomic E-state index is 0.420. The van der Waals surface area contributed by atoms with Crippen molar-refractivity contribution in [2.24, 2.45) is 5.73 Å². The summed E-state index contributed by atoms with van der Waals surface area (Å²) in [6.45, 7) is 0.846. The van der Waals surface area contributed by atoms with Crippen LogP contribution in [-0.2, 0) is 13.2 Å². The number of benzene rings is 2. The maximum atomic E-state index is 5.94. The lowest BCUT2D eigenvalue weighted by Gasteiger charge is -2.11. The zero-order valence-electron chi connectivity index (χ0n) is 11.0. The smallest absolute Gasteiger partial charge is 0.123 e. The number of halogens is 2. The third-order valence-electron chi connectivity index (χ3n) is 2.86. The van der Waals surface area contributed by atoms with Crippen molar-refractivity contribution in [2.75, 3.05) is 7.11 Å². The summed E-state index contributed by atoms with van der Waals surface area (Å²) in [4.78, 5) is 0. The van der Waals surface area contributed by atoms with Gasteiger partial charge in [-0.3, -0.25) is 0 Å². The molecule has 0 heterocycles. The van der Waals surface area contributed by atoms with Crippen molar-refractivity contribution in [3.8, 4) is 11.5 Å². The zero-order valence-corrected chi connectivity index (χ0v) is 12.5. The Balaban J connectivity index is 2.08. The van der Waals surface area contributed by atoms with Gasteiger partial charge in [-0.25, -0.2) is 0 Å². The molecule has 2 N–H and O–H groups in total. The lowest BCUT2D eigenvalue weighted by molar-refractivity contribution is 0.306. The number of rotatable bonds is 5. The van der Waals surface area contributed by atoms with E-state index in [4.69, 9.17) is 38.4 Å². The number of hydrogen-bond acceptors (Lipinski definition) is 3. The normalized spacial score (nSPS) is 10.4. The monoisotopic (exact) mass is 311 g/mol. The van der Waals surface area contributed by atoms with Crippen LogP contribution < -0.4 is 15.2 Å². The molecule has 0 aliphatic heterocycles. The molecule has 0 aliphatic rings. The van der Waals surface area contributed by atoms with Crippen LogP contribution in [0.5, 0.6) is 11.5 Å². The van der Waals surface area contributed by atoms with Gasteiger partial charge >= 0.3 is 0 Å². The third kappa shape index (κ3) is 3.57. The number of ether oxygens (including phenoxy) is 2. The molecular formula is C15H15Cl2NO2. The van der Waals surface area contributed by atoms with Gasteiger partial charge in [0.2, 0.25) is 0 Å². The van der Waals surface area contributed by atoms with Gasteiger partial charge in [0.15, 0.2) is 0 Å². The van der Waals surface area contributed by atoms with Crippen LogP contribution in [0.4, 0.5) is 0 Å². The highest BCUT2D eigenvalue weighted by atomic mass is 35.5. The summed E-state index contributed by atoms with van der Waals surface area (Å²) in [6.07, 6.45) is 0. The Morgan fingerprint density at radius 1 is 1.05 bits per heavy atom. The molecule has 0 saturated carbocycles. The van der Waals surface area contributed by atoms with E-state index in [-0.39, 0.29) is 0 Å². The summed E-state index contributed by atoms with van der Waals surface area (Å²) >= 11 is 11.8. The average Bonchev–Trinajstić information content (AvgIpc) is 2.48. The first-order chi connectivity index (χ1) is 9.63. The van der Waals surface area contributed by atoms with Crippen molar-refractivity contribution in [1.29, 1.82) is 0 Å². The summed E-state index contributed by atoms with van der Waals surface area (Å²) in [5, 5.41) is 0.982. The fraction of sp³-hybridized carbons (Fsp3) is 0.200. The van der Waals surface area contributed by atoms with E-state index in [0.717, 1.165) is 16.9 Å². The Labute approximate surface area is 128 Å². The summed E-state index contributed by atoms with van der Waals surface area (Å²) in [5.41, 5.74) is 7.64. The molecule has 0 bridgehead atoms. The lowest BCUT2D eigenvalue weighted by atomic mass is 10.1. The van der Waals surface area contributed by atoms with Crippen molar-refractivity contribution < 1.29 is 9.47 Å².